The molecule has 0 bridgehead atoms. The van der Waals surface area contributed by atoms with Gasteiger partial charge in [0.25, 0.3) is 0 Å². The number of methoxy groups -OCH3 is 1. The Morgan fingerprint density at radius 3 is 2.50 bits per heavy atom. The third kappa shape index (κ3) is 2.43. The highest BCUT2D eigenvalue weighted by atomic mass is 32.2. The summed E-state index contributed by atoms with van der Waals surface area (Å²) in [5.41, 5.74) is 8.76. The van der Waals surface area contributed by atoms with Gasteiger partial charge < -0.3 is 10.5 Å². The topological polar surface area (TPSA) is 72.6 Å². The zero-order chi connectivity index (χ0) is 15.1. The minimum Gasteiger partial charge on any atom is -0.398 e. The molecule has 5 nitrogen and oxygen atoms in total. The van der Waals surface area contributed by atoms with Crippen molar-refractivity contribution < 1.29 is 13.2 Å². The molecule has 1 aliphatic rings. The number of nitrogens with zero attached hydrogens (tertiary/aromatic N) is 1. The van der Waals surface area contributed by atoms with E-state index in [0.29, 0.717) is 29.2 Å². The minimum absolute atomic E-state index is 0.0208. The van der Waals surface area contributed by atoms with Crippen molar-refractivity contribution in [2.45, 2.75) is 38.2 Å². The second-order valence-corrected chi connectivity index (χ2v) is 7.25. The quantitative estimate of drug-likeness (QED) is 0.860. The highest BCUT2D eigenvalue weighted by Gasteiger charge is 2.35. The van der Waals surface area contributed by atoms with E-state index >= 15 is 0 Å². The number of sulfonamides is 1. The van der Waals surface area contributed by atoms with Crippen LogP contribution in [0.3, 0.4) is 0 Å². The maximum atomic E-state index is 12.9. The summed E-state index contributed by atoms with van der Waals surface area (Å²) in [6.07, 6.45) is 0.710. The highest BCUT2D eigenvalue weighted by Crippen LogP contribution is 2.31. The molecule has 112 valence electrons. The van der Waals surface area contributed by atoms with E-state index in [2.05, 4.69) is 0 Å². The molecule has 20 heavy (non-hydrogen) atoms. The van der Waals surface area contributed by atoms with E-state index in [4.69, 9.17) is 10.5 Å². The van der Waals surface area contributed by atoms with Gasteiger partial charge in [0.1, 0.15) is 0 Å². The molecular weight excluding hydrogens is 276 g/mol. The first-order chi connectivity index (χ1) is 9.28. The molecule has 6 heteroatoms. The summed E-state index contributed by atoms with van der Waals surface area (Å²) in [7, 11) is -1.90. The average Bonchev–Trinajstić information content (AvgIpc) is 2.86. The van der Waals surface area contributed by atoms with Gasteiger partial charge in [-0.1, -0.05) is 0 Å². The first-order valence-corrected chi connectivity index (χ1v) is 8.12. The monoisotopic (exact) mass is 298 g/mol. The van der Waals surface area contributed by atoms with Crippen LogP contribution in [0.5, 0.6) is 0 Å². The Labute approximate surface area is 120 Å². The molecule has 0 spiro atoms. The lowest BCUT2D eigenvalue weighted by Crippen LogP contribution is -2.31. The Kier molecular flexibility index (Phi) is 4.09. The van der Waals surface area contributed by atoms with Crippen LogP contribution >= 0.6 is 0 Å². The highest BCUT2D eigenvalue weighted by molar-refractivity contribution is 7.89. The van der Waals surface area contributed by atoms with Gasteiger partial charge in [0.2, 0.25) is 10.0 Å². The predicted molar refractivity (Wildman–Crippen MR) is 79.2 cm³/mol. The molecule has 0 aromatic heterocycles. The van der Waals surface area contributed by atoms with Crippen molar-refractivity contribution >= 4 is 15.7 Å². The van der Waals surface area contributed by atoms with Crippen LogP contribution in [-0.4, -0.2) is 39.0 Å². The first-order valence-electron chi connectivity index (χ1n) is 6.68. The second-order valence-electron chi connectivity index (χ2n) is 5.37. The molecule has 1 aromatic carbocycles. The molecule has 1 aliphatic heterocycles. The van der Waals surface area contributed by atoms with Gasteiger partial charge in [0.15, 0.2) is 0 Å². The van der Waals surface area contributed by atoms with Crippen LogP contribution in [0.1, 0.15) is 23.1 Å². The summed E-state index contributed by atoms with van der Waals surface area (Å²) in [4.78, 5) is 0.353. The molecule has 1 unspecified atom stereocenters. The van der Waals surface area contributed by atoms with Gasteiger partial charge in [0.05, 0.1) is 11.0 Å². The number of aryl methyl sites for hydroxylation is 1. The standard InChI is InChI=1S/C14H22N2O3S/c1-9-7-13(15)11(3)14(10(9)2)20(17,18)16-6-5-12(8-16)19-4/h7,12H,5-6,8,15H2,1-4H3. The fourth-order valence-electron chi connectivity index (χ4n) is 2.67. The van der Waals surface area contributed by atoms with Crippen LogP contribution in [0.25, 0.3) is 0 Å². The van der Waals surface area contributed by atoms with Crippen LogP contribution in [0, 0.1) is 20.8 Å². The third-order valence-electron chi connectivity index (χ3n) is 4.12. The van der Waals surface area contributed by atoms with Gasteiger partial charge in [0, 0.05) is 25.9 Å². The van der Waals surface area contributed by atoms with Crippen LogP contribution in [0.4, 0.5) is 5.69 Å². The molecule has 0 aliphatic carbocycles. The molecular formula is C14H22N2O3S. The number of anilines is 1. The van der Waals surface area contributed by atoms with Crippen LogP contribution in [0.15, 0.2) is 11.0 Å². The Morgan fingerprint density at radius 2 is 1.95 bits per heavy atom. The van der Waals surface area contributed by atoms with Gasteiger partial charge in [-0.15, -0.1) is 0 Å². The molecule has 0 radical (unpaired) electrons. The summed E-state index contributed by atoms with van der Waals surface area (Å²) < 4.78 is 32.5. The van der Waals surface area contributed by atoms with Crippen LogP contribution in [0.2, 0.25) is 0 Å². The maximum absolute atomic E-state index is 12.9. The Hall–Kier alpha value is -1.11. The number of benzene rings is 1. The molecule has 1 saturated heterocycles. The fourth-order valence-corrected chi connectivity index (χ4v) is 4.68. The van der Waals surface area contributed by atoms with E-state index in [1.165, 1.54) is 4.31 Å². The van der Waals surface area contributed by atoms with E-state index in [9.17, 15) is 8.42 Å². The Bertz CT molecular complexity index is 600. The van der Waals surface area contributed by atoms with E-state index in [-0.39, 0.29) is 6.10 Å². The van der Waals surface area contributed by atoms with Gasteiger partial charge in [-0.2, -0.15) is 4.31 Å². The van der Waals surface area contributed by atoms with Crippen LogP contribution < -0.4 is 5.73 Å². The number of nitrogens with two attached hydrogens (primary N) is 1. The summed E-state index contributed by atoms with van der Waals surface area (Å²) in [5, 5.41) is 0. The van der Waals surface area contributed by atoms with E-state index in [0.717, 1.165) is 17.5 Å². The number of ether oxygens (including phenoxy) is 1. The molecule has 1 heterocycles. The van der Waals surface area contributed by atoms with Crippen molar-refractivity contribution in [1.29, 1.82) is 0 Å². The molecule has 2 N–H and O–H groups in total. The minimum atomic E-state index is -3.51. The van der Waals surface area contributed by atoms with Crippen molar-refractivity contribution in [3.63, 3.8) is 0 Å². The van der Waals surface area contributed by atoms with E-state index < -0.39 is 10.0 Å². The zero-order valence-electron chi connectivity index (χ0n) is 12.4. The summed E-state index contributed by atoms with van der Waals surface area (Å²) in [5.74, 6) is 0. The van der Waals surface area contributed by atoms with Crippen molar-refractivity contribution in [1.82, 2.24) is 4.31 Å². The SMILES string of the molecule is COC1CCN(S(=O)(=O)c2c(C)c(C)cc(N)c2C)C1. The second kappa shape index (κ2) is 5.35. The van der Waals surface area contributed by atoms with Crippen LogP contribution in [-0.2, 0) is 14.8 Å². The maximum Gasteiger partial charge on any atom is 0.243 e. The van der Waals surface area contributed by atoms with Crippen molar-refractivity contribution in [2.75, 3.05) is 25.9 Å². The lowest BCUT2D eigenvalue weighted by atomic mass is 10.1. The van der Waals surface area contributed by atoms with Gasteiger partial charge in [-0.3, -0.25) is 0 Å². The Morgan fingerprint density at radius 1 is 1.30 bits per heavy atom. The molecule has 1 aromatic rings. The number of nitrogen functional groups attached to an aromatic ring is 1. The summed E-state index contributed by atoms with van der Waals surface area (Å²) >= 11 is 0. The van der Waals surface area contributed by atoms with Gasteiger partial charge in [-0.05, 0) is 49.9 Å². The summed E-state index contributed by atoms with van der Waals surface area (Å²) in [6, 6.07) is 1.83. The Balaban J connectivity index is 2.51. The van der Waals surface area contributed by atoms with E-state index in [1.54, 1.807) is 14.0 Å². The van der Waals surface area contributed by atoms with Gasteiger partial charge in [-0.25, -0.2) is 8.42 Å². The number of hydrogen-bond acceptors (Lipinski definition) is 4. The lowest BCUT2D eigenvalue weighted by molar-refractivity contribution is 0.115. The first kappa shape index (κ1) is 15.3. The number of rotatable bonds is 3. The van der Waals surface area contributed by atoms with Crippen molar-refractivity contribution in [3.05, 3.63) is 22.8 Å². The molecule has 2 rings (SSSR count). The fraction of sp³-hybridized carbons (Fsp3) is 0.571. The predicted octanol–water partition coefficient (Wildman–Crippen LogP) is 1.60. The van der Waals surface area contributed by atoms with Crippen molar-refractivity contribution in [2.24, 2.45) is 0 Å². The normalized spacial score (nSPS) is 20.5. The summed E-state index contributed by atoms with van der Waals surface area (Å²) in [6.45, 7) is 6.38. The zero-order valence-corrected chi connectivity index (χ0v) is 13.3. The van der Waals surface area contributed by atoms with Crippen molar-refractivity contribution in [3.8, 4) is 0 Å². The molecule has 0 saturated carbocycles. The average molecular weight is 298 g/mol. The number of hydrogen-bond donors (Lipinski definition) is 1. The van der Waals surface area contributed by atoms with Gasteiger partial charge >= 0.3 is 0 Å². The third-order valence-corrected chi connectivity index (χ3v) is 6.26. The van der Waals surface area contributed by atoms with E-state index in [1.807, 2.05) is 19.9 Å². The largest absolute Gasteiger partial charge is 0.398 e. The lowest BCUT2D eigenvalue weighted by Gasteiger charge is -2.21. The molecule has 0 amide bonds. The smallest absolute Gasteiger partial charge is 0.243 e. The molecule has 1 atom stereocenters. The molecule has 1 fully saturated rings.